The quantitative estimate of drug-likeness (QED) is 0.167. The molecule has 9 nitrogen and oxygen atoms in total. The first-order valence-electron chi connectivity index (χ1n) is 16.6. The Labute approximate surface area is 270 Å². The smallest absolute Gasteiger partial charge is 0.247 e. The molecular formula is C37H45N4O5+. The van der Waals surface area contributed by atoms with Crippen molar-refractivity contribution in [1.29, 1.82) is 0 Å². The van der Waals surface area contributed by atoms with Gasteiger partial charge in [0.2, 0.25) is 6.23 Å². The van der Waals surface area contributed by atoms with E-state index in [0.29, 0.717) is 44.4 Å². The standard InChI is InChI=1S/C37H44N4O5/c1-2-3-4-6-25(42)19-26(43)11-9-23-10-14-34(45)35(17-23)46-36-8-5-7-33(44)28-12-13-29-27(15-16-39-37(29)38)30(28)18-24-20-40-32-22-41(36)21-31(24)32/h10,12-14,17,20-21,25,33,36-37,39,42,44-45H,2-4,6,8-9,11,15-16,18-19,22,38H2,1H3/p+1. The normalized spacial score (nSPS) is 23.8. The highest BCUT2D eigenvalue weighted by atomic mass is 16.5. The van der Waals surface area contributed by atoms with Crippen LogP contribution in [0.2, 0.25) is 0 Å². The van der Waals surface area contributed by atoms with E-state index in [1.807, 2.05) is 18.3 Å². The van der Waals surface area contributed by atoms with Crippen LogP contribution in [-0.2, 0) is 24.1 Å². The maximum absolute atomic E-state index is 12.5. The van der Waals surface area contributed by atoms with E-state index in [1.165, 1.54) is 5.56 Å². The van der Waals surface area contributed by atoms with Crippen LogP contribution < -0.4 is 20.7 Å². The molecule has 9 heteroatoms. The van der Waals surface area contributed by atoms with Gasteiger partial charge in [-0.2, -0.15) is 0 Å². The Morgan fingerprint density at radius 2 is 2.07 bits per heavy atom. The van der Waals surface area contributed by atoms with E-state index in [2.05, 4.69) is 30.3 Å². The number of carbonyl (C=O) groups is 1. The molecule has 2 bridgehead atoms. The maximum Gasteiger partial charge on any atom is 0.247 e. The van der Waals surface area contributed by atoms with Gasteiger partial charge in [-0.25, -0.2) is 0 Å². The van der Waals surface area contributed by atoms with E-state index in [9.17, 15) is 20.1 Å². The zero-order chi connectivity index (χ0) is 32.2. The van der Waals surface area contributed by atoms with Gasteiger partial charge >= 0.3 is 0 Å². The summed E-state index contributed by atoms with van der Waals surface area (Å²) < 4.78 is 6.45. The Kier molecular flexibility index (Phi) is 10.0. The molecule has 0 amide bonds. The molecule has 0 radical (unpaired) electrons. The van der Waals surface area contributed by atoms with Crippen molar-refractivity contribution in [1.82, 2.24) is 5.32 Å². The monoisotopic (exact) mass is 625 g/mol. The molecule has 242 valence electrons. The Bertz CT molecular complexity index is 1630. The minimum atomic E-state index is -0.968. The minimum Gasteiger partial charge on any atom is -0.504 e. The van der Waals surface area contributed by atoms with Crippen LogP contribution in [0.25, 0.3) is 0 Å². The van der Waals surface area contributed by atoms with Crippen molar-refractivity contribution < 1.29 is 29.8 Å². The van der Waals surface area contributed by atoms with Gasteiger partial charge in [-0.3, -0.25) is 20.0 Å². The number of ether oxygens (including phenoxy) is 1. The fourth-order valence-electron chi connectivity index (χ4n) is 6.93. The lowest BCUT2D eigenvalue weighted by Gasteiger charge is -2.28. The average molecular weight is 626 g/mol. The van der Waals surface area contributed by atoms with Gasteiger partial charge in [0.1, 0.15) is 36.8 Å². The minimum absolute atomic E-state index is 0.0105. The van der Waals surface area contributed by atoms with Crippen molar-refractivity contribution in [3.8, 4) is 23.3 Å². The van der Waals surface area contributed by atoms with Crippen LogP contribution in [0, 0.1) is 11.8 Å². The van der Waals surface area contributed by atoms with E-state index in [4.69, 9.17) is 15.5 Å². The summed E-state index contributed by atoms with van der Waals surface area (Å²) in [7, 11) is 0. The molecule has 0 spiro atoms. The van der Waals surface area contributed by atoms with Gasteiger partial charge < -0.3 is 25.8 Å². The first kappa shape index (κ1) is 32.2. The van der Waals surface area contributed by atoms with Gasteiger partial charge in [0, 0.05) is 32.0 Å². The number of ketones is 1. The summed E-state index contributed by atoms with van der Waals surface area (Å²) in [5, 5.41) is 35.6. The predicted molar refractivity (Wildman–Crippen MR) is 176 cm³/mol. The molecule has 2 aromatic rings. The van der Waals surface area contributed by atoms with Gasteiger partial charge in [-0.15, -0.1) is 0 Å². The second kappa shape index (κ2) is 14.3. The SMILES string of the molecule is CCCCCC(O)CC(=O)CCc1ccc(O)c(OC2CC#CC(O)c3ccc4c(c3CC3=CN=C5C[NH+]2C=C35)CCNC4N)c1. The number of benzene rings is 2. The lowest BCUT2D eigenvalue weighted by atomic mass is 9.84. The average Bonchev–Trinajstić information content (AvgIpc) is 3.62. The summed E-state index contributed by atoms with van der Waals surface area (Å²) in [5.41, 5.74) is 14.5. The van der Waals surface area contributed by atoms with Crippen LogP contribution in [-0.4, -0.2) is 52.2 Å². The number of fused-ring (bicyclic) bond motifs is 4. The first-order valence-corrected chi connectivity index (χ1v) is 16.6. The van der Waals surface area contributed by atoms with Gasteiger partial charge in [0.15, 0.2) is 11.5 Å². The highest BCUT2D eigenvalue weighted by Gasteiger charge is 2.37. The van der Waals surface area contributed by atoms with E-state index >= 15 is 0 Å². The van der Waals surface area contributed by atoms with Crippen molar-refractivity contribution in [2.24, 2.45) is 10.7 Å². The summed E-state index contributed by atoms with van der Waals surface area (Å²) in [6.45, 7) is 3.51. The third kappa shape index (κ3) is 7.12. The molecule has 7 N–H and O–H groups in total. The highest BCUT2D eigenvalue weighted by molar-refractivity contribution is 6.08. The number of quaternary nitrogens is 1. The molecule has 4 aliphatic heterocycles. The van der Waals surface area contributed by atoms with E-state index in [0.717, 1.165) is 76.2 Å². The van der Waals surface area contributed by atoms with Crippen molar-refractivity contribution in [3.63, 3.8) is 0 Å². The number of nitrogens with zero attached hydrogens (tertiary/aromatic N) is 1. The fourth-order valence-corrected chi connectivity index (χ4v) is 6.93. The molecular weight excluding hydrogens is 580 g/mol. The number of aliphatic hydroxyl groups is 2. The first-order chi connectivity index (χ1) is 22.3. The topological polar surface area (TPSA) is 142 Å². The number of unbranched alkanes of at least 4 members (excludes halogenated alkanes) is 2. The summed E-state index contributed by atoms with van der Waals surface area (Å²) in [5.74, 6) is 6.59. The molecule has 0 aliphatic carbocycles. The summed E-state index contributed by atoms with van der Waals surface area (Å²) >= 11 is 0. The Hall–Kier alpha value is -3.78. The lowest BCUT2D eigenvalue weighted by molar-refractivity contribution is -0.882. The van der Waals surface area contributed by atoms with Gasteiger partial charge in [0.25, 0.3) is 0 Å². The number of phenols is 1. The van der Waals surface area contributed by atoms with Crippen molar-refractivity contribution in [2.45, 2.75) is 95.7 Å². The number of hydrogen-bond donors (Lipinski definition) is 6. The second-order valence-electron chi connectivity index (χ2n) is 12.8. The van der Waals surface area contributed by atoms with Crippen molar-refractivity contribution >= 4 is 11.5 Å². The van der Waals surface area contributed by atoms with Crippen molar-refractivity contribution in [2.75, 3.05) is 13.1 Å². The van der Waals surface area contributed by atoms with Crippen LogP contribution in [0.5, 0.6) is 11.5 Å². The van der Waals surface area contributed by atoms with E-state index < -0.39 is 18.4 Å². The van der Waals surface area contributed by atoms with Crippen LogP contribution >= 0.6 is 0 Å². The molecule has 4 heterocycles. The summed E-state index contributed by atoms with van der Waals surface area (Å²) in [4.78, 5) is 18.3. The van der Waals surface area contributed by atoms with Crippen LogP contribution in [0.15, 0.2) is 58.9 Å². The second-order valence-corrected chi connectivity index (χ2v) is 12.8. The number of carbonyl (C=O) groups excluding carboxylic acids is 1. The largest absolute Gasteiger partial charge is 0.504 e. The van der Waals surface area contributed by atoms with Gasteiger partial charge in [0.05, 0.1) is 17.8 Å². The molecule has 5 atom stereocenters. The number of phenolic OH excluding ortho intramolecular Hbond substituents is 1. The molecule has 0 aromatic heterocycles. The number of hydrogen-bond acceptors (Lipinski definition) is 8. The Morgan fingerprint density at radius 1 is 1.22 bits per heavy atom. The molecule has 5 unspecified atom stereocenters. The molecule has 0 fully saturated rings. The summed E-state index contributed by atoms with van der Waals surface area (Å²) in [6.07, 6.45) is 8.27. The van der Waals surface area contributed by atoms with Gasteiger partial charge in [-0.1, -0.05) is 56.2 Å². The maximum atomic E-state index is 12.5. The lowest BCUT2D eigenvalue weighted by Crippen LogP contribution is -3.12. The summed E-state index contributed by atoms with van der Waals surface area (Å²) in [6, 6.07) is 9.11. The molecule has 46 heavy (non-hydrogen) atoms. The Balaban J connectivity index is 1.20. The number of nitrogens with one attached hydrogen (secondary N) is 2. The van der Waals surface area contributed by atoms with Crippen LogP contribution in [0.3, 0.4) is 0 Å². The van der Waals surface area contributed by atoms with E-state index in [-0.39, 0.29) is 24.1 Å². The fraction of sp³-hybridized carbons (Fsp3) is 0.459. The number of allylic oxidation sites excluding steroid dienone is 1. The number of nitrogens with two attached hydrogens (primary N) is 1. The molecule has 0 saturated heterocycles. The van der Waals surface area contributed by atoms with Gasteiger partial charge in [-0.05, 0) is 64.8 Å². The van der Waals surface area contributed by atoms with Crippen LogP contribution in [0.1, 0.15) is 92.0 Å². The number of aryl methyl sites for hydroxylation is 1. The van der Waals surface area contributed by atoms with E-state index in [1.54, 1.807) is 18.2 Å². The molecule has 6 rings (SSSR count). The number of rotatable bonds is 11. The number of aliphatic imine (C=N–C) groups is 1. The zero-order valence-corrected chi connectivity index (χ0v) is 26.5. The third-order valence-electron chi connectivity index (χ3n) is 9.50. The number of aromatic hydroxyl groups is 1. The highest BCUT2D eigenvalue weighted by Crippen LogP contribution is 2.35. The molecule has 4 aliphatic rings. The molecule has 2 aromatic carbocycles. The molecule has 0 saturated carbocycles. The third-order valence-corrected chi connectivity index (χ3v) is 9.50. The number of Topliss-reactive ketones (excluding diaryl/α,β-unsaturated/α-hetero) is 1. The number of aliphatic hydroxyl groups excluding tert-OH is 2. The zero-order valence-electron chi connectivity index (χ0n) is 26.5. The Morgan fingerprint density at radius 3 is 2.91 bits per heavy atom. The van der Waals surface area contributed by atoms with Crippen molar-refractivity contribution in [3.05, 3.63) is 81.7 Å². The predicted octanol–water partition coefficient (Wildman–Crippen LogP) is 2.84. The van der Waals surface area contributed by atoms with Crippen LogP contribution in [0.4, 0.5) is 0 Å².